The zero-order valence-corrected chi connectivity index (χ0v) is 14.5. The summed E-state index contributed by atoms with van der Waals surface area (Å²) in [5.74, 6) is 1.40. The van der Waals surface area contributed by atoms with E-state index in [4.69, 9.17) is 4.74 Å². The maximum Gasteiger partial charge on any atom is 0.261 e. The number of rotatable bonds is 5. The number of ether oxygens (including phenoxy) is 1. The van der Waals surface area contributed by atoms with Gasteiger partial charge in [0.1, 0.15) is 17.4 Å². The average molecular weight is 346 g/mol. The number of hydrogen-bond acceptors (Lipinski definition) is 4. The van der Waals surface area contributed by atoms with Gasteiger partial charge in [-0.2, -0.15) is 0 Å². The van der Waals surface area contributed by atoms with Gasteiger partial charge in [0.25, 0.3) is 5.91 Å². The third-order valence-electron chi connectivity index (χ3n) is 4.36. The van der Waals surface area contributed by atoms with Crippen molar-refractivity contribution in [3.05, 3.63) is 41.7 Å². The third kappa shape index (κ3) is 4.15. The number of nitrogens with one attached hydrogen (secondary N) is 1. The number of halogens is 1. The summed E-state index contributed by atoms with van der Waals surface area (Å²) in [5.41, 5.74) is 0. The molecule has 0 saturated heterocycles. The summed E-state index contributed by atoms with van der Waals surface area (Å²) in [6.45, 7) is 4.40. The molecule has 2 aromatic rings. The first kappa shape index (κ1) is 17.4. The predicted octanol–water partition coefficient (Wildman–Crippen LogP) is 2.79. The van der Waals surface area contributed by atoms with E-state index in [1.165, 1.54) is 18.6 Å². The maximum atomic E-state index is 13.2. The SMILES string of the molecule is C[C@@H](Oc1cccc(F)c1)C(=O)N[C@H](C)c1nnc2n1CCCCC2. The molecule has 0 radical (unpaired) electrons. The van der Waals surface area contributed by atoms with Crippen molar-refractivity contribution in [2.75, 3.05) is 0 Å². The first-order chi connectivity index (χ1) is 12.0. The second kappa shape index (κ2) is 7.63. The van der Waals surface area contributed by atoms with Crippen molar-refractivity contribution in [1.29, 1.82) is 0 Å². The van der Waals surface area contributed by atoms with Crippen molar-refractivity contribution in [3.63, 3.8) is 0 Å². The Morgan fingerprint density at radius 1 is 1.28 bits per heavy atom. The molecule has 1 amide bonds. The number of nitrogens with zero attached hydrogens (tertiary/aromatic N) is 3. The quantitative estimate of drug-likeness (QED) is 0.904. The lowest BCUT2D eigenvalue weighted by molar-refractivity contribution is -0.128. The molecule has 1 N–H and O–H groups in total. The fraction of sp³-hybridized carbons (Fsp3) is 0.500. The van der Waals surface area contributed by atoms with Gasteiger partial charge in [0.05, 0.1) is 6.04 Å². The summed E-state index contributed by atoms with van der Waals surface area (Å²) in [7, 11) is 0. The van der Waals surface area contributed by atoms with E-state index in [2.05, 4.69) is 20.1 Å². The van der Waals surface area contributed by atoms with E-state index in [9.17, 15) is 9.18 Å². The number of benzene rings is 1. The highest BCUT2D eigenvalue weighted by Gasteiger charge is 2.23. The molecule has 25 heavy (non-hydrogen) atoms. The van der Waals surface area contributed by atoms with E-state index in [1.54, 1.807) is 19.1 Å². The number of aryl methyl sites for hydroxylation is 1. The Kier molecular flexibility index (Phi) is 5.31. The Morgan fingerprint density at radius 2 is 2.12 bits per heavy atom. The Labute approximate surface area is 146 Å². The number of carbonyl (C=O) groups is 1. The van der Waals surface area contributed by atoms with Crippen LogP contribution in [-0.4, -0.2) is 26.8 Å². The zero-order chi connectivity index (χ0) is 17.8. The van der Waals surface area contributed by atoms with Crippen molar-refractivity contribution in [2.24, 2.45) is 0 Å². The van der Waals surface area contributed by atoms with Gasteiger partial charge in [0.15, 0.2) is 11.9 Å². The molecule has 1 aromatic heterocycles. The molecule has 6 nitrogen and oxygen atoms in total. The van der Waals surface area contributed by atoms with Crippen LogP contribution in [0.1, 0.15) is 50.8 Å². The van der Waals surface area contributed by atoms with Crippen LogP contribution in [0.4, 0.5) is 4.39 Å². The summed E-state index contributed by atoms with van der Waals surface area (Å²) < 4.78 is 20.8. The lowest BCUT2D eigenvalue weighted by Gasteiger charge is -2.19. The minimum atomic E-state index is -0.740. The number of amides is 1. The van der Waals surface area contributed by atoms with Gasteiger partial charge in [0.2, 0.25) is 0 Å². The van der Waals surface area contributed by atoms with E-state index in [0.29, 0.717) is 5.75 Å². The summed E-state index contributed by atoms with van der Waals surface area (Å²) in [5, 5.41) is 11.4. The molecule has 134 valence electrons. The second-order valence-corrected chi connectivity index (χ2v) is 6.38. The molecular formula is C18H23FN4O2. The summed E-state index contributed by atoms with van der Waals surface area (Å²) in [6, 6.07) is 5.48. The molecule has 0 spiro atoms. The van der Waals surface area contributed by atoms with E-state index < -0.39 is 11.9 Å². The van der Waals surface area contributed by atoms with Gasteiger partial charge in [-0.3, -0.25) is 4.79 Å². The molecule has 0 unspecified atom stereocenters. The van der Waals surface area contributed by atoms with Crippen molar-refractivity contribution < 1.29 is 13.9 Å². The minimum Gasteiger partial charge on any atom is -0.481 e. The predicted molar refractivity (Wildman–Crippen MR) is 90.6 cm³/mol. The molecule has 1 aliphatic heterocycles. The molecule has 2 heterocycles. The molecule has 0 fully saturated rings. The summed E-state index contributed by atoms with van der Waals surface area (Å²) in [6.07, 6.45) is 3.58. The Bertz CT molecular complexity index is 746. The molecule has 0 bridgehead atoms. The van der Waals surface area contributed by atoms with Gasteiger partial charge >= 0.3 is 0 Å². The van der Waals surface area contributed by atoms with Crippen LogP contribution in [0.5, 0.6) is 5.75 Å². The first-order valence-electron chi connectivity index (χ1n) is 8.69. The van der Waals surface area contributed by atoms with Crippen molar-refractivity contribution in [1.82, 2.24) is 20.1 Å². The largest absolute Gasteiger partial charge is 0.481 e. The number of carbonyl (C=O) groups excluding carboxylic acids is 1. The van der Waals surface area contributed by atoms with Crippen LogP contribution in [0.3, 0.4) is 0 Å². The standard InChI is InChI=1S/C18H23FN4O2/c1-12(17-22-21-16-9-4-3-5-10-23(16)17)20-18(24)13(2)25-15-8-6-7-14(19)11-15/h6-8,11-13H,3-5,9-10H2,1-2H3,(H,20,24)/t12-,13-/m1/s1. The lowest BCUT2D eigenvalue weighted by Crippen LogP contribution is -2.38. The van der Waals surface area contributed by atoms with Crippen LogP contribution < -0.4 is 10.1 Å². The summed E-state index contributed by atoms with van der Waals surface area (Å²) >= 11 is 0. The Balaban J connectivity index is 1.63. The van der Waals surface area contributed by atoms with Crippen LogP contribution >= 0.6 is 0 Å². The van der Waals surface area contributed by atoms with E-state index >= 15 is 0 Å². The van der Waals surface area contributed by atoms with E-state index in [0.717, 1.165) is 37.5 Å². The fourth-order valence-corrected chi connectivity index (χ4v) is 3.02. The molecule has 1 aromatic carbocycles. The molecule has 1 aliphatic rings. The van der Waals surface area contributed by atoms with Gasteiger partial charge in [0, 0.05) is 19.0 Å². The first-order valence-corrected chi connectivity index (χ1v) is 8.69. The monoisotopic (exact) mass is 346 g/mol. The second-order valence-electron chi connectivity index (χ2n) is 6.38. The number of fused-ring (bicyclic) bond motifs is 1. The molecule has 0 aliphatic carbocycles. The lowest BCUT2D eigenvalue weighted by atomic mass is 10.2. The van der Waals surface area contributed by atoms with Crippen molar-refractivity contribution >= 4 is 5.91 Å². The molecule has 2 atom stereocenters. The highest BCUT2D eigenvalue weighted by atomic mass is 19.1. The normalized spacial score (nSPS) is 16.4. The number of aromatic nitrogens is 3. The van der Waals surface area contributed by atoms with Gasteiger partial charge in [-0.25, -0.2) is 4.39 Å². The highest BCUT2D eigenvalue weighted by molar-refractivity contribution is 5.81. The topological polar surface area (TPSA) is 69.0 Å². The maximum absolute atomic E-state index is 13.2. The minimum absolute atomic E-state index is 0.273. The van der Waals surface area contributed by atoms with Crippen molar-refractivity contribution in [3.8, 4) is 5.75 Å². The Hall–Kier alpha value is -2.44. The molecule has 3 rings (SSSR count). The van der Waals surface area contributed by atoms with E-state index in [-0.39, 0.29) is 11.9 Å². The molecule has 7 heteroatoms. The number of hydrogen-bond donors (Lipinski definition) is 1. The smallest absolute Gasteiger partial charge is 0.261 e. The Morgan fingerprint density at radius 3 is 2.92 bits per heavy atom. The zero-order valence-electron chi connectivity index (χ0n) is 14.5. The molecular weight excluding hydrogens is 323 g/mol. The van der Waals surface area contributed by atoms with Crippen LogP contribution in [0.15, 0.2) is 24.3 Å². The third-order valence-corrected chi connectivity index (χ3v) is 4.36. The van der Waals surface area contributed by atoms with Gasteiger partial charge in [-0.1, -0.05) is 12.5 Å². The highest BCUT2D eigenvalue weighted by Crippen LogP contribution is 2.19. The van der Waals surface area contributed by atoms with Gasteiger partial charge < -0.3 is 14.6 Å². The van der Waals surface area contributed by atoms with Crippen LogP contribution in [0, 0.1) is 5.82 Å². The van der Waals surface area contributed by atoms with Crippen molar-refractivity contribution in [2.45, 2.75) is 58.2 Å². The summed E-state index contributed by atoms with van der Waals surface area (Å²) in [4.78, 5) is 12.4. The van der Waals surface area contributed by atoms with Gasteiger partial charge in [-0.05, 0) is 38.8 Å². The van der Waals surface area contributed by atoms with Gasteiger partial charge in [-0.15, -0.1) is 10.2 Å². The van der Waals surface area contributed by atoms with Crippen LogP contribution in [-0.2, 0) is 17.8 Å². The van der Waals surface area contributed by atoms with E-state index in [1.807, 2.05) is 6.92 Å². The average Bonchev–Trinajstić information content (AvgIpc) is 2.83. The fourth-order valence-electron chi connectivity index (χ4n) is 3.02. The van der Waals surface area contributed by atoms with Crippen LogP contribution in [0.2, 0.25) is 0 Å². The molecule has 0 saturated carbocycles. The van der Waals surface area contributed by atoms with Crippen LogP contribution in [0.25, 0.3) is 0 Å².